The summed E-state index contributed by atoms with van der Waals surface area (Å²) in [5, 5.41) is 7.89. The third-order valence-corrected chi connectivity index (χ3v) is 0.365. The van der Waals surface area contributed by atoms with Gasteiger partial charge in [0.15, 0.2) is 0 Å². The first-order valence-corrected chi connectivity index (χ1v) is 3.20. The van der Waals surface area contributed by atoms with Crippen LogP contribution in [0.1, 0.15) is 6.92 Å². The van der Waals surface area contributed by atoms with Crippen LogP contribution in [0, 0.1) is 0 Å². The number of carboxylic acids is 1. The van der Waals surface area contributed by atoms with E-state index in [-0.39, 0.29) is 29.9 Å². The average Bonchev–Trinajstić information content (AvgIpc) is 1.72. The van der Waals surface area contributed by atoms with Gasteiger partial charge in [-0.25, -0.2) is 4.79 Å². The van der Waals surface area contributed by atoms with Crippen molar-refractivity contribution >= 4 is 5.97 Å². The molecular weight excluding hydrogens is 275 g/mol. The molecule has 0 atom stereocenters. The molecule has 0 aromatic carbocycles. The molecule has 8 heavy (non-hydrogen) atoms. The zero-order valence-electron chi connectivity index (χ0n) is 4.47. The second-order valence-electron chi connectivity index (χ2n) is 1.09. The van der Waals surface area contributed by atoms with Crippen LogP contribution in [0.15, 0.2) is 12.2 Å². The Balaban J connectivity index is 0. The zero-order valence-corrected chi connectivity index (χ0v) is 8.06. The summed E-state index contributed by atoms with van der Waals surface area (Å²) in [5.41, 5.74) is 0.176. The van der Waals surface area contributed by atoms with E-state index >= 15 is 0 Å². The van der Waals surface area contributed by atoms with Crippen LogP contribution in [-0.4, -0.2) is 11.1 Å². The summed E-state index contributed by atoms with van der Waals surface area (Å²) < 4.78 is 8.39. The van der Waals surface area contributed by atoms with Gasteiger partial charge in [0.05, 0.1) is 0 Å². The molecule has 0 amide bonds. The Labute approximate surface area is 62.4 Å². The Hall–Kier alpha value is -0.120. The van der Waals surface area contributed by atoms with Crippen molar-refractivity contribution < 1.29 is 37.1 Å². The van der Waals surface area contributed by atoms with Gasteiger partial charge in [-0.15, -0.1) is 0 Å². The predicted octanol–water partition coefficient (Wildman–Crippen LogP) is 0.526. The fraction of sp³-hybridized carbons (Fsp3) is 0.250. The van der Waals surface area contributed by atoms with Gasteiger partial charge in [-0.3, -0.25) is 0 Å². The van der Waals surface area contributed by atoms with E-state index in [0.29, 0.717) is 0 Å². The third kappa shape index (κ3) is 9.30. The fourth-order valence-electron chi connectivity index (χ4n) is 0. The summed E-state index contributed by atoms with van der Waals surface area (Å²) >= 11 is 0.0556. The summed E-state index contributed by atoms with van der Waals surface area (Å²) in [6.45, 7) is 4.60. The Morgan fingerprint density at radius 2 is 1.75 bits per heavy atom. The summed E-state index contributed by atoms with van der Waals surface area (Å²) in [5.74, 6) is -0.935. The Bertz CT molecular complexity index is 87.5. The molecule has 3 nitrogen and oxygen atoms in total. The molecule has 0 aromatic rings. The second-order valence-corrected chi connectivity index (χ2v) is 1.09. The van der Waals surface area contributed by atoms with Gasteiger partial charge < -0.3 is 5.11 Å². The molecule has 0 radical (unpaired) electrons. The first-order chi connectivity index (χ1) is 3.64. The normalized spacial score (nSPS) is 6.00. The number of carbonyl (C=O) groups is 1. The Morgan fingerprint density at radius 1 is 1.62 bits per heavy atom. The van der Waals surface area contributed by atoms with Gasteiger partial charge in [0, 0.05) is 5.57 Å². The van der Waals surface area contributed by atoms with E-state index in [9.17, 15) is 4.79 Å². The molecule has 0 aliphatic rings. The fourth-order valence-corrected chi connectivity index (χ4v) is 0. The van der Waals surface area contributed by atoms with Crippen molar-refractivity contribution in [3.05, 3.63) is 12.2 Å². The van der Waals surface area contributed by atoms with Gasteiger partial charge in [0.2, 0.25) is 0 Å². The van der Waals surface area contributed by atoms with E-state index in [2.05, 4.69) is 6.58 Å². The molecule has 0 aromatic heterocycles. The van der Waals surface area contributed by atoms with Crippen molar-refractivity contribution in [2.45, 2.75) is 6.92 Å². The summed E-state index contributed by atoms with van der Waals surface area (Å²) in [4.78, 5) is 9.60. The SMILES string of the molecule is C=C(C)C(=O)O.[O]=[Hf]. The number of carboxylic acid groups (broad SMARTS) is 1. The number of aliphatic carboxylic acids is 1. The second kappa shape index (κ2) is 6.88. The van der Waals surface area contributed by atoms with Crippen molar-refractivity contribution in [3.8, 4) is 0 Å². The maximum atomic E-state index is 9.60. The van der Waals surface area contributed by atoms with Gasteiger partial charge in [-0.05, 0) is 6.92 Å². The molecule has 4 heteroatoms. The summed E-state index contributed by atoms with van der Waals surface area (Å²) in [6.07, 6.45) is 0. The standard InChI is InChI=1S/C4H6O2.Hf.O/c1-3(2)4(5)6;;/h1H2,2H3,(H,5,6);;. The number of hydrogen-bond acceptors (Lipinski definition) is 2. The van der Waals surface area contributed by atoms with Crippen molar-refractivity contribution in [1.29, 1.82) is 0 Å². The molecule has 0 heterocycles. The van der Waals surface area contributed by atoms with Gasteiger partial charge in [0.25, 0.3) is 0 Å². The van der Waals surface area contributed by atoms with Crippen molar-refractivity contribution in [2.75, 3.05) is 0 Å². The van der Waals surface area contributed by atoms with Crippen molar-refractivity contribution in [1.82, 2.24) is 0 Å². The Morgan fingerprint density at radius 3 is 1.75 bits per heavy atom. The van der Waals surface area contributed by atoms with Crippen LogP contribution in [0.4, 0.5) is 0 Å². The molecule has 0 aliphatic heterocycles. The molecule has 1 N–H and O–H groups in total. The molecule has 0 aliphatic carbocycles. The molecular formula is C4H6HfO3. The van der Waals surface area contributed by atoms with Crippen LogP contribution >= 0.6 is 0 Å². The number of hydrogen-bond donors (Lipinski definition) is 1. The minimum absolute atomic E-state index is 0.0556. The first kappa shape index (κ1) is 10.8. The van der Waals surface area contributed by atoms with Gasteiger partial charge in [-0.2, -0.15) is 0 Å². The van der Waals surface area contributed by atoms with E-state index in [1.165, 1.54) is 6.92 Å². The van der Waals surface area contributed by atoms with Crippen molar-refractivity contribution in [3.63, 3.8) is 0 Å². The van der Waals surface area contributed by atoms with E-state index in [1.54, 1.807) is 0 Å². The van der Waals surface area contributed by atoms with E-state index in [1.807, 2.05) is 0 Å². The van der Waals surface area contributed by atoms with E-state index < -0.39 is 5.97 Å². The van der Waals surface area contributed by atoms with E-state index in [0.717, 1.165) is 0 Å². The molecule has 0 rings (SSSR count). The monoisotopic (exact) mass is 282 g/mol. The van der Waals surface area contributed by atoms with Gasteiger partial charge >= 0.3 is 33.2 Å². The molecule has 0 bridgehead atoms. The number of rotatable bonds is 1. The average molecular weight is 281 g/mol. The van der Waals surface area contributed by atoms with E-state index in [4.69, 9.17) is 7.96 Å². The van der Waals surface area contributed by atoms with Crippen LogP contribution < -0.4 is 0 Å². The van der Waals surface area contributed by atoms with Crippen LogP contribution in [0.5, 0.6) is 0 Å². The van der Waals surface area contributed by atoms with Crippen LogP contribution in [0.25, 0.3) is 0 Å². The molecule has 0 saturated carbocycles. The first-order valence-electron chi connectivity index (χ1n) is 1.74. The maximum absolute atomic E-state index is 9.60. The molecule has 0 fully saturated rings. The molecule has 0 saturated heterocycles. The minimum atomic E-state index is -0.935. The predicted molar refractivity (Wildman–Crippen MR) is 23.1 cm³/mol. The summed E-state index contributed by atoms with van der Waals surface area (Å²) in [6, 6.07) is 0. The Kier molecular flexibility index (Phi) is 9.28. The zero-order chi connectivity index (χ0) is 7.15. The van der Waals surface area contributed by atoms with Crippen molar-refractivity contribution in [2.24, 2.45) is 0 Å². The summed E-state index contributed by atoms with van der Waals surface area (Å²) in [7, 11) is 0. The van der Waals surface area contributed by atoms with Crippen LogP contribution in [-0.2, 0) is 32.0 Å². The topological polar surface area (TPSA) is 54.4 Å². The van der Waals surface area contributed by atoms with Gasteiger partial charge in [0.1, 0.15) is 0 Å². The van der Waals surface area contributed by atoms with Crippen LogP contribution in [0.2, 0.25) is 0 Å². The molecule has 44 valence electrons. The quantitative estimate of drug-likeness (QED) is 0.563. The molecule has 0 spiro atoms. The molecule has 0 unspecified atom stereocenters. The van der Waals surface area contributed by atoms with Gasteiger partial charge in [-0.1, -0.05) is 6.58 Å². The van der Waals surface area contributed by atoms with Crippen LogP contribution in [0.3, 0.4) is 0 Å². The third-order valence-electron chi connectivity index (χ3n) is 0.365.